The third-order valence-corrected chi connectivity index (χ3v) is 10.0. The van der Waals surface area contributed by atoms with E-state index >= 15 is 0 Å². The van der Waals surface area contributed by atoms with E-state index in [0.717, 1.165) is 0 Å². The highest BCUT2D eigenvalue weighted by Crippen LogP contribution is 2.55. The number of rotatable bonds is 7. The molecular formula is C32H38O17. The van der Waals surface area contributed by atoms with Gasteiger partial charge in [-0.2, -0.15) is 0 Å². The lowest BCUT2D eigenvalue weighted by Gasteiger charge is -2.42. The molecule has 2 aromatic rings. The molecule has 7 N–H and O–H groups in total. The van der Waals surface area contributed by atoms with Crippen molar-refractivity contribution in [1.29, 1.82) is 0 Å². The van der Waals surface area contributed by atoms with Crippen molar-refractivity contribution < 1.29 is 83.1 Å². The highest BCUT2D eigenvalue weighted by atomic mass is 16.7. The maximum atomic E-state index is 10.9. The third kappa shape index (κ3) is 5.72. The van der Waals surface area contributed by atoms with Gasteiger partial charge in [0.15, 0.2) is 29.3 Å². The van der Waals surface area contributed by atoms with Gasteiger partial charge in [0.05, 0.1) is 38.1 Å². The Balaban J connectivity index is 1.01. The molecule has 14 atom stereocenters. The van der Waals surface area contributed by atoms with Crippen LogP contribution in [0.4, 0.5) is 0 Å². The monoisotopic (exact) mass is 694 g/mol. The fraction of sp³-hybridized carbons (Fsp3) is 0.625. The minimum absolute atomic E-state index is 0.0116. The smallest absolute Gasteiger partial charge is 0.231 e. The van der Waals surface area contributed by atoms with Gasteiger partial charge in [0.2, 0.25) is 25.6 Å². The summed E-state index contributed by atoms with van der Waals surface area (Å²) in [5.41, 5.74) is 1.26. The fourth-order valence-corrected chi connectivity index (χ4v) is 7.27. The highest BCUT2D eigenvalue weighted by Gasteiger charge is 2.51. The second kappa shape index (κ2) is 12.8. The van der Waals surface area contributed by atoms with E-state index in [4.69, 9.17) is 47.4 Å². The normalized spacial score (nSPS) is 40.8. The molecule has 4 fully saturated rings. The van der Waals surface area contributed by atoms with Gasteiger partial charge in [-0.1, -0.05) is 0 Å². The van der Waals surface area contributed by atoms with E-state index in [1.165, 1.54) is 6.92 Å². The van der Waals surface area contributed by atoms with Gasteiger partial charge in [0, 0.05) is 23.5 Å². The third-order valence-electron chi connectivity index (χ3n) is 10.0. The van der Waals surface area contributed by atoms with Crippen LogP contribution < -0.4 is 23.7 Å². The standard InChI is InChI=1S/C32H38O17/c1-11-22(34)24(36)26(38)31(47-11)42-8-21-23(35)25(37)27(39)32(49-21)48-17-5-19-18(43-9-44-19)4-13(17)29-15-7-40-28(14(15)6-41-29)12-2-16(33)30-20(3-12)45-10-46-30/h2-5,11,14-15,21-29,31-39H,6-10H2,1H3/t11-,14+,15+,21-,22-,23-,24+,25+,26+,27-,28+,29+,31-,32-/m1/s1. The summed E-state index contributed by atoms with van der Waals surface area (Å²) in [6.07, 6.45) is -15.5. The van der Waals surface area contributed by atoms with Crippen LogP contribution in [0.3, 0.4) is 0 Å². The summed E-state index contributed by atoms with van der Waals surface area (Å²) >= 11 is 0. The first-order valence-corrected chi connectivity index (χ1v) is 16.1. The summed E-state index contributed by atoms with van der Waals surface area (Å²) < 4.78 is 57.7. The summed E-state index contributed by atoms with van der Waals surface area (Å²) in [6.45, 7) is 1.66. The molecule has 0 aliphatic carbocycles. The highest BCUT2D eigenvalue weighted by molar-refractivity contribution is 5.55. The van der Waals surface area contributed by atoms with E-state index in [1.807, 2.05) is 0 Å². The molecule has 6 aliphatic heterocycles. The molecule has 4 saturated heterocycles. The number of hydrogen-bond donors (Lipinski definition) is 7. The molecule has 0 unspecified atom stereocenters. The zero-order valence-corrected chi connectivity index (χ0v) is 26.1. The van der Waals surface area contributed by atoms with Gasteiger partial charge in [0.1, 0.15) is 48.5 Å². The maximum Gasteiger partial charge on any atom is 0.231 e. The molecule has 6 heterocycles. The molecule has 268 valence electrons. The molecule has 0 bridgehead atoms. The topological polar surface area (TPSA) is 234 Å². The number of ether oxygens (including phenoxy) is 10. The van der Waals surface area contributed by atoms with Gasteiger partial charge < -0.3 is 83.1 Å². The number of benzene rings is 2. The van der Waals surface area contributed by atoms with Gasteiger partial charge in [-0.15, -0.1) is 0 Å². The number of fused-ring (bicyclic) bond motifs is 3. The SMILES string of the molecule is C[C@H]1O[C@@H](OC[C@H]2O[C@@H](Oc3cc4c(cc3[C@@H]3OC[C@H]5[C@@H]3CO[C@H]5c3cc(O)c5c(c3)OCO5)OCO4)[C@H](O)[C@@H](O)[C@@H]2O)[C@@H](O)[C@@H](O)[C@@H]1O. The van der Waals surface area contributed by atoms with Crippen LogP contribution in [0.5, 0.6) is 34.5 Å². The second-order valence-corrected chi connectivity index (χ2v) is 13.0. The van der Waals surface area contributed by atoms with E-state index in [-0.39, 0.29) is 42.7 Å². The maximum absolute atomic E-state index is 10.9. The summed E-state index contributed by atoms with van der Waals surface area (Å²) in [6, 6.07) is 6.66. The van der Waals surface area contributed by atoms with Gasteiger partial charge in [-0.05, 0) is 30.7 Å². The lowest BCUT2D eigenvalue weighted by molar-refractivity contribution is -0.318. The second-order valence-electron chi connectivity index (χ2n) is 13.0. The Kier molecular flexibility index (Phi) is 8.64. The van der Waals surface area contributed by atoms with Gasteiger partial charge in [0.25, 0.3) is 0 Å². The molecular weight excluding hydrogens is 656 g/mol. The summed E-state index contributed by atoms with van der Waals surface area (Å²) in [5, 5.41) is 73.3. The average molecular weight is 695 g/mol. The Labute approximate surface area is 278 Å². The Bertz CT molecular complexity index is 1540. The van der Waals surface area contributed by atoms with Crippen molar-refractivity contribution >= 4 is 0 Å². The van der Waals surface area contributed by atoms with Crippen LogP contribution in [0.2, 0.25) is 0 Å². The van der Waals surface area contributed by atoms with Crippen molar-refractivity contribution in [3.8, 4) is 34.5 Å². The van der Waals surface area contributed by atoms with E-state index < -0.39 is 80.2 Å². The quantitative estimate of drug-likeness (QED) is 0.183. The first kappa shape index (κ1) is 33.0. The van der Waals surface area contributed by atoms with Crippen LogP contribution in [0.25, 0.3) is 0 Å². The Hall–Kier alpha value is -3.20. The van der Waals surface area contributed by atoms with Gasteiger partial charge in [-0.25, -0.2) is 0 Å². The van der Waals surface area contributed by atoms with Crippen LogP contribution in [0.1, 0.15) is 30.3 Å². The van der Waals surface area contributed by atoms with E-state index in [1.54, 1.807) is 24.3 Å². The Morgan fingerprint density at radius 3 is 2.12 bits per heavy atom. The zero-order valence-electron chi connectivity index (χ0n) is 26.1. The lowest BCUT2D eigenvalue weighted by Crippen LogP contribution is -2.61. The largest absolute Gasteiger partial charge is 0.504 e. The number of hydrogen-bond acceptors (Lipinski definition) is 17. The van der Waals surface area contributed by atoms with Crippen molar-refractivity contribution in [2.24, 2.45) is 11.8 Å². The summed E-state index contributed by atoms with van der Waals surface area (Å²) in [7, 11) is 0. The van der Waals surface area contributed by atoms with E-state index in [2.05, 4.69) is 0 Å². The molecule has 17 nitrogen and oxygen atoms in total. The molecule has 0 radical (unpaired) electrons. The first-order chi connectivity index (χ1) is 23.6. The van der Waals surface area contributed by atoms with Crippen molar-refractivity contribution in [2.75, 3.05) is 33.4 Å². The van der Waals surface area contributed by atoms with Crippen LogP contribution >= 0.6 is 0 Å². The predicted molar refractivity (Wildman–Crippen MR) is 157 cm³/mol. The van der Waals surface area contributed by atoms with Crippen LogP contribution in [0.15, 0.2) is 24.3 Å². The average Bonchev–Trinajstić information content (AvgIpc) is 3.90. The zero-order chi connectivity index (χ0) is 34.1. The van der Waals surface area contributed by atoms with Crippen LogP contribution in [-0.2, 0) is 23.7 Å². The van der Waals surface area contributed by atoms with Crippen LogP contribution in [0, 0.1) is 11.8 Å². The number of aromatic hydroxyl groups is 1. The Morgan fingerprint density at radius 2 is 1.33 bits per heavy atom. The molecule has 2 aromatic carbocycles. The molecule has 0 spiro atoms. The van der Waals surface area contributed by atoms with Crippen molar-refractivity contribution in [3.63, 3.8) is 0 Å². The number of aliphatic hydroxyl groups excluding tert-OH is 6. The Morgan fingerprint density at radius 1 is 0.673 bits per heavy atom. The van der Waals surface area contributed by atoms with Crippen molar-refractivity contribution in [1.82, 2.24) is 0 Å². The van der Waals surface area contributed by atoms with Crippen LogP contribution in [-0.4, -0.2) is 131 Å². The lowest BCUT2D eigenvalue weighted by atomic mass is 9.84. The molecule has 17 heteroatoms. The number of phenolic OH excluding ortho intramolecular Hbond substituents is 1. The van der Waals surface area contributed by atoms with E-state index in [0.29, 0.717) is 41.6 Å². The molecule has 0 saturated carbocycles. The molecule has 0 aromatic heterocycles. The number of aliphatic hydroxyl groups is 6. The first-order valence-electron chi connectivity index (χ1n) is 16.1. The van der Waals surface area contributed by atoms with Gasteiger partial charge in [-0.3, -0.25) is 0 Å². The molecule has 49 heavy (non-hydrogen) atoms. The van der Waals surface area contributed by atoms with E-state index in [9.17, 15) is 35.7 Å². The van der Waals surface area contributed by atoms with Crippen molar-refractivity contribution in [2.45, 2.75) is 80.5 Å². The summed E-state index contributed by atoms with van der Waals surface area (Å²) in [5.74, 6) is 1.41. The molecule has 8 rings (SSSR count). The number of phenols is 1. The van der Waals surface area contributed by atoms with Gasteiger partial charge >= 0.3 is 0 Å². The van der Waals surface area contributed by atoms with Crippen molar-refractivity contribution in [3.05, 3.63) is 35.4 Å². The fourth-order valence-electron chi connectivity index (χ4n) is 7.27. The minimum Gasteiger partial charge on any atom is -0.504 e. The minimum atomic E-state index is -1.72. The molecule has 6 aliphatic rings. The predicted octanol–water partition coefficient (Wildman–Crippen LogP) is -1.04. The summed E-state index contributed by atoms with van der Waals surface area (Å²) in [4.78, 5) is 0. The molecule has 0 amide bonds.